The van der Waals surface area contributed by atoms with Gasteiger partial charge in [0.2, 0.25) is 0 Å². The van der Waals surface area contributed by atoms with Crippen LogP contribution >= 0.6 is 11.6 Å². The number of benzene rings is 1. The Labute approximate surface area is 174 Å². The van der Waals surface area contributed by atoms with Gasteiger partial charge in [-0.3, -0.25) is 4.79 Å². The van der Waals surface area contributed by atoms with Gasteiger partial charge in [-0.25, -0.2) is 9.67 Å². The molecule has 6 nitrogen and oxygen atoms in total. The lowest BCUT2D eigenvalue weighted by molar-refractivity contribution is 0.0949. The van der Waals surface area contributed by atoms with Crippen LogP contribution in [0.5, 0.6) is 5.75 Å². The van der Waals surface area contributed by atoms with Crippen molar-refractivity contribution in [3.05, 3.63) is 70.1 Å². The third-order valence-electron chi connectivity index (χ3n) is 4.22. The van der Waals surface area contributed by atoms with E-state index in [9.17, 15) is 4.79 Å². The summed E-state index contributed by atoms with van der Waals surface area (Å²) in [6.07, 6.45) is 5.84. The Morgan fingerprint density at radius 2 is 2.00 bits per heavy atom. The minimum absolute atomic E-state index is 0.176. The van der Waals surface area contributed by atoms with Crippen LogP contribution in [-0.2, 0) is 6.42 Å². The van der Waals surface area contributed by atoms with Gasteiger partial charge in [-0.2, -0.15) is 5.10 Å². The first kappa shape index (κ1) is 20.4. The summed E-state index contributed by atoms with van der Waals surface area (Å²) >= 11 is 6.20. The van der Waals surface area contributed by atoms with E-state index in [0.717, 1.165) is 17.0 Å². The lowest BCUT2D eigenvalue weighted by Crippen LogP contribution is -2.27. The quantitative estimate of drug-likeness (QED) is 0.607. The summed E-state index contributed by atoms with van der Waals surface area (Å²) in [4.78, 5) is 17.0. The highest BCUT2D eigenvalue weighted by Gasteiger charge is 2.15. The van der Waals surface area contributed by atoms with Gasteiger partial charge in [-0.05, 0) is 56.2 Å². The number of pyridine rings is 1. The topological polar surface area (TPSA) is 69.0 Å². The summed E-state index contributed by atoms with van der Waals surface area (Å²) in [5.41, 5.74) is 3.04. The largest absolute Gasteiger partial charge is 0.481 e. The summed E-state index contributed by atoms with van der Waals surface area (Å²) in [7, 11) is 0. The molecule has 148 valence electrons. The van der Waals surface area contributed by atoms with Crippen molar-refractivity contribution in [1.29, 1.82) is 0 Å². The number of rotatable bonds is 7. The zero-order chi connectivity index (χ0) is 20.8. The Morgan fingerprint density at radius 3 is 2.66 bits per heavy atom. The molecule has 0 aliphatic heterocycles. The van der Waals surface area contributed by atoms with Crippen molar-refractivity contribution >= 4 is 17.5 Å². The van der Waals surface area contributed by atoms with Gasteiger partial charge < -0.3 is 10.1 Å². The molecule has 1 N–H and O–H groups in total. The van der Waals surface area contributed by atoms with Crippen LogP contribution in [0.3, 0.4) is 0 Å². The molecule has 0 saturated carbocycles. The van der Waals surface area contributed by atoms with Crippen LogP contribution in [0.4, 0.5) is 0 Å². The number of terminal acetylenes is 1. The lowest BCUT2D eigenvalue weighted by Gasteiger charge is -2.09. The minimum Gasteiger partial charge on any atom is -0.481 e. The summed E-state index contributed by atoms with van der Waals surface area (Å²) in [6, 6.07) is 12.9. The zero-order valence-electron chi connectivity index (χ0n) is 16.3. The van der Waals surface area contributed by atoms with E-state index in [1.54, 1.807) is 16.8 Å². The smallest absolute Gasteiger partial charge is 0.271 e. The molecule has 0 atom stereocenters. The number of nitrogens with one attached hydrogen (secondary N) is 1. The van der Waals surface area contributed by atoms with E-state index in [2.05, 4.69) is 21.3 Å². The molecule has 0 saturated heterocycles. The van der Waals surface area contributed by atoms with E-state index in [0.29, 0.717) is 29.6 Å². The molecule has 1 aromatic carbocycles. The summed E-state index contributed by atoms with van der Waals surface area (Å²) in [5.74, 6) is 3.36. The third kappa shape index (κ3) is 5.15. The molecule has 3 rings (SSSR count). The highest BCUT2D eigenvalue weighted by Crippen LogP contribution is 2.18. The van der Waals surface area contributed by atoms with E-state index in [-0.39, 0.29) is 18.2 Å². The van der Waals surface area contributed by atoms with E-state index >= 15 is 0 Å². The molecule has 0 unspecified atom stereocenters. The zero-order valence-corrected chi connectivity index (χ0v) is 17.0. The van der Waals surface area contributed by atoms with E-state index in [1.807, 2.05) is 44.2 Å². The lowest BCUT2D eigenvalue weighted by atomic mass is 10.1. The maximum atomic E-state index is 12.6. The van der Waals surface area contributed by atoms with Crippen molar-refractivity contribution in [3.63, 3.8) is 0 Å². The van der Waals surface area contributed by atoms with Gasteiger partial charge in [0.1, 0.15) is 18.1 Å². The predicted octanol–water partition coefficient (Wildman–Crippen LogP) is 3.52. The van der Waals surface area contributed by atoms with Crippen LogP contribution in [0.2, 0.25) is 5.02 Å². The predicted molar refractivity (Wildman–Crippen MR) is 113 cm³/mol. The number of nitrogens with zero attached hydrogens (tertiary/aromatic N) is 3. The molecule has 0 radical (unpaired) electrons. The molecule has 2 heterocycles. The van der Waals surface area contributed by atoms with Gasteiger partial charge in [0.15, 0.2) is 5.82 Å². The van der Waals surface area contributed by atoms with Crippen LogP contribution in [-0.4, -0.2) is 33.8 Å². The SMILES string of the molecule is C#CCOc1ccc(CCNC(=O)c2nc(-n3nc(C)cc3C)ccc2Cl)cc1. The normalized spacial score (nSPS) is 10.4. The van der Waals surface area contributed by atoms with Gasteiger partial charge in [0.25, 0.3) is 5.91 Å². The molecule has 0 aliphatic rings. The molecule has 29 heavy (non-hydrogen) atoms. The second kappa shape index (κ2) is 9.26. The minimum atomic E-state index is -0.327. The molecule has 3 aromatic rings. The van der Waals surface area contributed by atoms with Crippen LogP contribution in [0.1, 0.15) is 27.4 Å². The van der Waals surface area contributed by atoms with E-state index in [1.165, 1.54) is 0 Å². The first-order valence-electron chi connectivity index (χ1n) is 9.11. The summed E-state index contributed by atoms with van der Waals surface area (Å²) in [5, 5.41) is 7.55. The van der Waals surface area contributed by atoms with Crippen molar-refractivity contribution in [2.75, 3.05) is 13.2 Å². The average Bonchev–Trinajstić information content (AvgIpc) is 3.05. The number of ether oxygens (including phenoxy) is 1. The van der Waals surface area contributed by atoms with Crippen LogP contribution in [0, 0.1) is 26.2 Å². The van der Waals surface area contributed by atoms with Crippen molar-refractivity contribution in [2.24, 2.45) is 0 Å². The molecule has 0 spiro atoms. The molecule has 7 heteroatoms. The number of halogens is 1. The Morgan fingerprint density at radius 1 is 1.24 bits per heavy atom. The molecular weight excluding hydrogens is 388 g/mol. The maximum Gasteiger partial charge on any atom is 0.271 e. The van der Waals surface area contributed by atoms with Crippen molar-refractivity contribution in [2.45, 2.75) is 20.3 Å². The Kier molecular flexibility index (Phi) is 6.53. The van der Waals surface area contributed by atoms with Crippen molar-refractivity contribution in [1.82, 2.24) is 20.1 Å². The second-order valence-electron chi connectivity index (χ2n) is 6.48. The standard InChI is InChI=1S/C22H21ClN4O2/c1-4-13-29-18-7-5-17(6-8-18)11-12-24-22(28)21-19(23)9-10-20(25-21)27-16(3)14-15(2)26-27/h1,5-10,14H,11-13H2,2-3H3,(H,24,28). The van der Waals surface area contributed by atoms with Crippen LogP contribution in [0.15, 0.2) is 42.5 Å². The Balaban J connectivity index is 1.63. The molecule has 0 fully saturated rings. The first-order valence-corrected chi connectivity index (χ1v) is 9.49. The van der Waals surface area contributed by atoms with Crippen molar-refractivity contribution in [3.8, 4) is 23.9 Å². The highest BCUT2D eigenvalue weighted by molar-refractivity contribution is 6.33. The fourth-order valence-corrected chi connectivity index (χ4v) is 3.04. The molecule has 2 aromatic heterocycles. The number of hydrogen-bond donors (Lipinski definition) is 1. The number of aromatic nitrogens is 3. The monoisotopic (exact) mass is 408 g/mol. The van der Waals surface area contributed by atoms with Gasteiger partial charge >= 0.3 is 0 Å². The number of amides is 1. The average molecular weight is 409 g/mol. The fourth-order valence-electron chi connectivity index (χ4n) is 2.85. The number of hydrogen-bond acceptors (Lipinski definition) is 4. The summed E-state index contributed by atoms with van der Waals surface area (Å²) in [6.45, 7) is 4.52. The molecule has 0 bridgehead atoms. The Bertz CT molecular complexity index is 1050. The first-order chi connectivity index (χ1) is 14.0. The van der Waals surface area contributed by atoms with Crippen molar-refractivity contribution < 1.29 is 9.53 Å². The van der Waals surface area contributed by atoms with Crippen LogP contribution in [0.25, 0.3) is 5.82 Å². The van der Waals surface area contributed by atoms with Gasteiger partial charge in [0.05, 0.1) is 10.7 Å². The number of carbonyl (C=O) groups excluding carboxylic acids is 1. The van der Waals surface area contributed by atoms with Gasteiger partial charge in [-0.1, -0.05) is 29.7 Å². The number of carbonyl (C=O) groups is 1. The summed E-state index contributed by atoms with van der Waals surface area (Å²) < 4.78 is 7.03. The molecule has 0 aliphatic carbocycles. The molecule has 1 amide bonds. The highest BCUT2D eigenvalue weighted by atomic mass is 35.5. The van der Waals surface area contributed by atoms with E-state index < -0.39 is 0 Å². The van der Waals surface area contributed by atoms with Gasteiger partial charge in [-0.15, -0.1) is 6.42 Å². The molecular formula is C22H21ClN4O2. The second-order valence-corrected chi connectivity index (χ2v) is 6.89. The Hall–Kier alpha value is -3.30. The third-order valence-corrected chi connectivity index (χ3v) is 4.52. The number of aryl methyl sites for hydroxylation is 2. The van der Waals surface area contributed by atoms with Gasteiger partial charge in [0, 0.05) is 12.2 Å². The van der Waals surface area contributed by atoms with Crippen LogP contribution < -0.4 is 10.1 Å². The fraction of sp³-hybridized carbons (Fsp3) is 0.227. The maximum absolute atomic E-state index is 12.6. The van der Waals surface area contributed by atoms with E-state index in [4.69, 9.17) is 22.8 Å².